The first-order chi connectivity index (χ1) is 11.6. The summed E-state index contributed by atoms with van der Waals surface area (Å²) in [5, 5.41) is 0. The van der Waals surface area contributed by atoms with E-state index < -0.39 is 0 Å². The van der Waals surface area contributed by atoms with E-state index in [0.717, 1.165) is 0 Å². The Bertz CT molecular complexity index is 33.2. The van der Waals surface area contributed by atoms with Crippen LogP contribution in [0.2, 0.25) is 0 Å². The summed E-state index contributed by atoms with van der Waals surface area (Å²) in [6.07, 6.45) is 13.2. The molecule has 24 heavy (non-hydrogen) atoms. The summed E-state index contributed by atoms with van der Waals surface area (Å²) < 4.78 is 0. The van der Waals surface area contributed by atoms with Gasteiger partial charge in [-0.15, -0.1) is 0 Å². The summed E-state index contributed by atoms with van der Waals surface area (Å²) in [4.78, 5) is 0. The summed E-state index contributed by atoms with van der Waals surface area (Å²) in [6, 6.07) is 0. The van der Waals surface area contributed by atoms with Crippen molar-refractivity contribution in [2.45, 2.75) is 161 Å². The minimum atomic E-state index is 1.32. The molecule has 0 spiro atoms. The lowest BCUT2D eigenvalue weighted by atomic mass is 10.4. The van der Waals surface area contributed by atoms with Crippen LogP contribution in [0.3, 0.4) is 0 Å². The molecular weight excluding hydrogens is 288 g/mol. The molecule has 0 nitrogen and oxygen atoms in total. The van der Waals surface area contributed by atoms with Crippen LogP contribution in [-0.2, 0) is 0 Å². The van der Waals surface area contributed by atoms with Crippen LogP contribution in [0.25, 0.3) is 0 Å². The van der Waals surface area contributed by atoms with Gasteiger partial charge in [0, 0.05) is 0 Å². The molecule has 0 aliphatic heterocycles. The fourth-order valence-electron chi connectivity index (χ4n) is 0. The number of hydrogen-bond donors (Lipinski definition) is 0. The number of hydrogen-bond acceptors (Lipinski definition) is 0. The van der Waals surface area contributed by atoms with Crippen LogP contribution in [-0.4, -0.2) is 0 Å². The molecule has 0 aromatic rings. The van der Waals surface area contributed by atoms with E-state index in [-0.39, 0.29) is 0 Å². The van der Waals surface area contributed by atoms with Gasteiger partial charge in [-0.3, -0.25) is 0 Å². The molecule has 0 fully saturated rings. The van der Waals surface area contributed by atoms with E-state index in [1.54, 1.807) is 0 Å². The minimum Gasteiger partial charge on any atom is -0.0683 e. The first-order valence-corrected chi connectivity index (χ1v) is 11.6. The highest BCUT2D eigenvalue weighted by Crippen LogP contribution is 1.78. The van der Waals surface area contributed by atoms with Crippen molar-refractivity contribution in [3.63, 3.8) is 0 Å². The van der Waals surface area contributed by atoms with Crippen molar-refractivity contribution < 1.29 is 0 Å². The molecular formula is C24H62. The molecule has 0 heterocycles. The van der Waals surface area contributed by atoms with Crippen LogP contribution in [0.5, 0.6) is 0 Å². The van der Waals surface area contributed by atoms with Crippen molar-refractivity contribution in [3.8, 4) is 0 Å². The molecule has 0 aromatic heterocycles. The lowest BCUT2D eigenvalue weighted by molar-refractivity contribution is 0.886. The summed E-state index contributed by atoms with van der Waals surface area (Å²) >= 11 is 0. The monoisotopic (exact) mass is 350 g/mol. The average Bonchev–Trinajstić information content (AvgIpc) is 2.71. The Labute approximate surface area is 161 Å². The van der Waals surface area contributed by atoms with E-state index in [1.807, 2.05) is 27.7 Å². The average molecular weight is 351 g/mol. The molecule has 0 aliphatic rings. The lowest BCUT2D eigenvalue weighted by Crippen LogP contribution is -1.47. The van der Waals surface area contributed by atoms with E-state index in [1.165, 1.54) is 64.2 Å². The molecule has 0 rings (SSSR count). The zero-order valence-electron chi connectivity index (χ0n) is 21.1. The van der Waals surface area contributed by atoms with Crippen LogP contribution in [0.4, 0.5) is 0 Å². The van der Waals surface area contributed by atoms with E-state index in [4.69, 9.17) is 0 Å². The zero-order chi connectivity index (χ0) is 21.1. The molecule has 0 heteroatoms. The molecule has 0 atom stereocenters. The molecule has 0 amide bonds. The maximum absolute atomic E-state index is 2.18. The summed E-state index contributed by atoms with van der Waals surface area (Å²) in [7, 11) is 0. The molecule has 0 aromatic carbocycles. The van der Waals surface area contributed by atoms with Gasteiger partial charge in [0.1, 0.15) is 0 Å². The second-order valence-electron chi connectivity index (χ2n) is 5.00. The van der Waals surface area contributed by atoms with Gasteiger partial charge in [-0.05, 0) is 0 Å². The minimum absolute atomic E-state index is 1.32. The third kappa shape index (κ3) is 388. The van der Waals surface area contributed by atoms with Gasteiger partial charge < -0.3 is 0 Å². The fraction of sp³-hybridized carbons (Fsp3) is 1.00. The first-order valence-electron chi connectivity index (χ1n) is 11.6. The molecule has 0 bridgehead atoms. The second kappa shape index (κ2) is 111. The topological polar surface area (TPSA) is 0 Å². The molecule has 158 valence electrons. The summed E-state index contributed by atoms with van der Waals surface area (Å²) in [5.74, 6) is 0. The summed E-state index contributed by atoms with van der Waals surface area (Å²) in [6.45, 7) is 29.8. The predicted molar refractivity (Wildman–Crippen MR) is 126 cm³/mol. The zero-order valence-corrected chi connectivity index (χ0v) is 21.1. The van der Waals surface area contributed by atoms with Crippen LogP contribution < -0.4 is 0 Å². The molecule has 0 radical (unpaired) electrons. The number of rotatable bonds is 5. The Morgan fingerprint density at radius 1 is 0.208 bits per heavy atom. The highest BCUT2D eigenvalue weighted by molar-refractivity contribution is 4.14. The Kier molecular flexibility index (Phi) is 204. The summed E-state index contributed by atoms with van der Waals surface area (Å²) in [5.41, 5.74) is 0. The van der Waals surface area contributed by atoms with Crippen molar-refractivity contribution in [1.29, 1.82) is 0 Å². The van der Waals surface area contributed by atoms with E-state index in [9.17, 15) is 0 Å². The largest absolute Gasteiger partial charge is 0.0683 e. The maximum Gasteiger partial charge on any atom is -0.0564 e. The Balaban J connectivity index is -0.0000000286. The van der Waals surface area contributed by atoms with Crippen molar-refractivity contribution in [2.75, 3.05) is 0 Å². The molecule has 0 saturated heterocycles. The lowest BCUT2D eigenvalue weighted by Gasteiger charge is -1.68. The Hall–Kier alpha value is 0. The van der Waals surface area contributed by atoms with Gasteiger partial charge in [-0.2, -0.15) is 0 Å². The van der Waals surface area contributed by atoms with Crippen LogP contribution in [0.1, 0.15) is 161 Å². The van der Waals surface area contributed by atoms with Gasteiger partial charge in [-0.1, -0.05) is 161 Å². The van der Waals surface area contributed by atoms with Gasteiger partial charge in [0.25, 0.3) is 0 Å². The quantitative estimate of drug-likeness (QED) is 0.462. The van der Waals surface area contributed by atoms with Crippen LogP contribution in [0, 0.1) is 0 Å². The maximum atomic E-state index is 2.18. The smallest absolute Gasteiger partial charge is 0.0564 e. The molecule has 0 saturated carbocycles. The van der Waals surface area contributed by atoms with Crippen molar-refractivity contribution >= 4 is 0 Å². The molecule has 0 unspecified atom stereocenters. The van der Waals surface area contributed by atoms with E-state index in [0.29, 0.717) is 0 Å². The van der Waals surface area contributed by atoms with Gasteiger partial charge in [0.2, 0.25) is 0 Å². The third-order valence-electron chi connectivity index (χ3n) is 2.50. The van der Waals surface area contributed by atoms with Crippen molar-refractivity contribution in [3.05, 3.63) is 0 Å². The molecule has 0 N–H and O–H groups in total. The Morgan fingerprint density at radius 2 is 0.250 bits per heavy atom. The first kappa shape index (κ1) is 43.9. The fourth-order valence-corrected chi connectivity index (χ4v) is 0. The van der Waals surface area contributed by atoms with Crippen molar-refractivity contribution in [1.82, 2.24) is 0 Å². The molecule has 0 aliphatic carbocycles. The van der Waals surface area contributed by atoms with Gasteiger partial charge in [0.15, 0.2) is 0 Å². The SMILES string of the molecule is CC.CC.CCCC.CCCC.CCCC.CCCC.CCCC. The third-order valence-corrected chi connectivity index (χ3v) is 2.50. The van der Waals surface area contributed by atoms with Gasteiger partial charge in [-0.25, -0.2) is 0 Å². The number of unbranched alkanes of at least 4 members (excludes halogenated alkanes) is 5. The van der Waals surface area contributed by atoms with Crippen molar-refractivity contribution in [2.24, 2.45) is 0 Å². The van der Waals surface area contributed by atoms with E-state index in [2.05, 4.69) is 69.2 Å². The van der Waals surface area contributed by atoms with Gasteiger partial charge >= 0.3 is 0 Å². The second-order valence-corrected chi connectivity index (χ2v) is 5.00. The predicted octanol–water partition coefficient (Wildman–Crippen LogP) is 11.1. The highest BCUT2D eigenvalue weighted by Gasteiger charge is 1.58. The van der Waals surface area contributed by atoms with Crippen LogP contribution in [0.15, 0.2) is 0 Å². The standard InChI is InChI=1S/5C4H10.2C2H6/c5*1-3-4-2;2*1-2/h5*3-4H2,1-2H3;2*1-2H3. The van der Waals surface area contributed by atoms with E-state index >= 15 is 0 Å². The van der Waals surface area contributed by atoms with Gasteiger partial charge in [0.05, 0.1) is 0 Å². The Morgan fingerprint density at radius 3 is 0.250 bits per heavy atom. The highest BCUT2D eigenvalue weighted by atomic mass is 13.6. The normalized spacial score (nSPS) is 6.75. The van der Waals surface area contributed by atoms with Crippen LogP contribution >= 0.6 is 0 Å².